The van der Waals surface area contributed by atoms with Gasteiger partial charge >= 0.3 is 0 Å². The predicted molar refractivity (Wildman–Crippen MR) is 83.3 cm³/mol. The SMILES string of the molecule is CN(C)CCCOc1ccc2c(c1)CCN(CC(N)=O)C2. The molecule has 0 spiro atoms. The Kier molecular flexibility index (Phi) is 5.59. The molecule has 0 aliphatic carbocycles. The lowest BCUT2D eigenvalue weighted by Gasteiger charge is -2.27. The van der Waals surface area contributed by atoms with E-state index in [2.05, 4.69) is 36.0 Å². The fourth-order valence-corrected chi connectivity index (χ4v) is 2.60. The number of ether oxygens (including phenoxy) is 1. The number of nitrogens with two attached hydrogens (primary N) is 1. The summed E-state index contributed by atoms with van der Waals surface area (Å²) in [6.45, 7) is 3.78. The summed E-state index contributed by atoms with van der Waals surface area (Å²) in [7, 11) is 4.13. The molecule has 5 nitrogen and oxygen atoms in total. The Morgan fingerprint density at radius 2 is 2.19 bits per heavy atom. The number of primary amides is 1. The van der Waals surface area contributed by atoms with E-state index in [0.717, 1.165) is 44.8 Å². The van der Waals surface area contributed by atoms with Crippen LogP contribution in [0.2, 0.25) is 0 Å². The van der Waals surface area contributed by atoms with Crippen LogP contribution in [0, 0.1) is 0 Å². The molecule has 1 amide bonds. The van der Waals surface area contributed by atoms with Gasteiger partial charge < -0.3 is 15.4 Å². The van der Waals surface area contributed by atoms with Crippen molar-refractivity contribution in [2.75, 3.05) is 40.3 Å². The van der Waals surface area contributed by atoms with Crippen molar-refractivity contribution < 1.29 is 9.53 Å². The predicted octanol–water partition coefficient (Wildman–Crippen LogP) is 0.861. The molecule has 1 aliphatic heterocycles. The van der Waals surface area contributed by atoms with E-state index in [4.69, 9.17) is 10.5 Å². The third kappa shape index (κ3) is 5.02. The average molecular weight is 291 g/mol. The molecular formula is C16H25N3O2. The van der Waals surface area contributed by atoms with Gasteiger partial charge in [-0.1, -0.05) is 6.07 Å². The van der Waals surface area contributed by atoms with E-state index < -0.39 is 0 Å². The monoisotopic (exact) mass is 291 g/mol. The highest BCUT2D eigenvalue weighted by molar-refractivity contribution is 5.75. The van der Waals surface area contributed by atoms with Crippen LogP contribution < -0.4 is 10.5 Å². The number of fused-ring (bicyclic) bond motifs is 1. The second-order valence-corrected chi connectivity index (χ2v) is 5.86. The molecule has 0 radical (unpaired) electrons. The van der Waals surface area contributed by atoms with Crippen molar-refractivity contribution >= 4 is 5.91 Å². The Hall–Kier alpha value is -1.59. The van der Waals surface area contributed by atoms with E-state index >= 15 is 0 Å². The van der Waals surface area contributed by atoms with Gasteiger partial charge in [0.15, 0.2) is 0 Å². The van der Waals surface area contributed by atoms with Crippen LogP contribution in [0.1, 0.15) is 17.5 Å². The molecule has 0 unspecified atom stereocenters. The highest BCUT2D eigenvalue weighted by Gasteiger charge is 2.17. The first kappa shape index (κ1) is 15.8. The normalized spacial score (nSPS) is 15.0. The van der Waals surface area contributed by atoms with Gasteiger partial charge in [0.1, 0.15) is 5.75 Å². The van der Waals surface area contributed by atoms with Crippen LogP contribution >= 0.6 is 0 Å². The number of rotatable bonds is 7. The topological polar surface area (TPSA) is 58.8 Å². The van der Waals surface area contributed by atoms with E-state index in [0.29, 0.717) is 6.54 Å². The third-order valence-corrected chi connectivity index (χ3v) is 3.67. The third-order valence-electron chi connectivity index (χ3n) is 3.67. The standard InChI is InChI=1S/C16H25N3O2/c1-18(2)7-3-9-21-15-5-4-14-11-19(12-16(17)20)8-6-13(14)10-15/h4-5,10H,3,6-9,11-12H2,1-2H3,(H2,17,20). The number of carbonyl (C=O) groups excluding carboxylic acids is 1. The van der Waals surface area contributed by atoms with Crippen LogP contribution in [0.5, 0.6) is 5.75 Å². The molecule has 0 aromatic heterocycles. The second kappa shape index (κ2) is 7.43. The van der Waals surface area contributed by atoms with Gasteiger partial charge in [0.05, 0.1) is 13.2 Å². The molecule has 2 rings (SSSR count). The van der Waals surface area contributed by atoms with Crippen molar-refractivity contribution in [1.29, 1.82) is 0 Å². The van der Waals surface area contributed by atoms with Crippen LogP contribution in [-0.4, -0.2) is 56.0 Å². The summed E-state index contributed by atoms with van der Waals surface area (Å²) in [6, 6.07) is 6.25. The zero-order valence-corrected chi connectivity index (χ0v) is 13.0. The summed E-state index contributed by atoms with van der Waals surface area (Å²) in [5.74, 6) is 0.676. The molecule has 21 heavy (non-hydrogen) atoms. The fourth-order valence-electron chi connectivity index (χ4n) is 2.60. The average Bonchev–Trinajstić information content (AvgIpc) is 2.42. The van der Waals surface area contributed by atoms with Crippen molar-refractivity contribution in [3.05, 3.63) is 29.3 Å². The van der Waals surface area contributed by atoms with E-state index in [1.165, 1.54) is 11.1 Å². The van der Waals surface area contributed by atoms with E-state index in [-0.39, 0.29) is 5.91 Å². The molecule has 1 heterocycles. The first-order valence-corrected chi connectivity index (χ1v) is 7.44. The van der Waals surface area contributed by atoms with Gasteiger partial charge in [-0.05, 0) is 50.2 Å². The molecular weight excluding hydrogens is 266 g/mol. The Morgan fingerprint density at radius 1 is 1.38 bits per heavy atom. The molecule has 1 aromatic carbocycles. The molecule has 1 aliphatic rings. The van der Waals surface area contributed by atoms with E-state index in [9.17, 15) is 4.79 Å². The number of hydrogen-bond donors (Lipinski definition) is 1. The Morgan fingerprint density at radius 3 is 2.90 bits per heavy atom. The van der Waals surface area contributed by atoms with Gasteiger partial charge in [-0.2, -0.15) is 0 Å². The Labute approximate surface area is 126 Å². The van der Waals surface area contributed by atoms with Crippen molar-refractivity contribution in [2.24, 2.45) is 5.73 Å². The van der Waals surface area contributed by atoms with Crippen LogP contribution in [0.25, 0.3) is 0 Å². The molecule has 0 fully saturated rings. The Bertz CT molecular complexity index is 488. The molecule has 0 saturated heterocycles. The maximum atomic E-state index is 11.0. The van der Waals surface area contributed by atoms with Crippen LogP contribution in [0.3, 0.4) is 0 Å². The quantitative estimate of drug-likeness (QED) is 0.757. The molecule has 2 N–H and O–H groups in total. The number of nitrogens with zero attached hydrogens (tertiary/aromatic N) is 2. The molecule has 1 aromatic rings. The number of benzene rings is 1. The first-order valence-electron chi connectivity index (χ1n) is 7.44. The fraction of sp³-hybridized carbons (Fsp3) is 0.562. The van der Waals surface area contributed by atoms with Crippen molar-refractivity contribution in [2.45, 2.75) is 19.4 Å². The molecule has 116 valence electrons. The summed E-state index contributed by atoms with van der Waals surface area (Å²) >= 11 is 0. The highest BCUT2D eigenvalue weighted by atomic mass is 16.5. The summed E-state index contributed by atoms with van der Waals surface area (Å²) in [6.07, 6.45) is 1.97. The van der Waals surface area contributed by atoms with Gasteiger partial charge in [0.2, 0.25) is 5.91 Å². The minimum absolute atomic E-state index is 0.265. The van der Waals surface area contributed by atoms with Crippen molar-refractivity contribution in [3.63, 3.8) is 0 Å². The van der Waals surface area contributed by atoms with Crippen LogP contribution in [0.15, 0.2) is 18.2 Å². The summed E-state index contributed by atoms with van der Waals surface area (Å²) in [5, 5.41) is 0. The summed E-state index contributed by atoms with van der Waals surface area (Å²) in [5.41, 5.74) is 7.84. The molecule has 5 heteroatoms. The van der Waals surface area contributed by atoms with Gasteiger partial charge in [0.25, 0.3) is 0 Å². The van der Waals surface area contributed by atoms with Crippen LogP contribution in [-0.2, 0) is 17.8 Å². The van der Waals surface area contributed by atoms with Crippen molar-refractivity contribution in [1.82, 2.24) is 9.80 Å². The zero-order chi connectivity index (χ0) is 15.2. The molecule has 0 atom stereocenters. The highest BCUT2D eigenvalue weighted by Crippen LogP contribution is 2.23. The number of amides is 1. The smallest absolute Gasteiger partial charge is 0.231 e. The van der Waals surface area contributed by atoms with Crippen molar-refractivity contribution in [3.8, 4) is 5.75 Å². The minimum atomic E-state index is -0.265. The zero-order valence-electron chi connectivity index (χ0n) is 13.0. The lowest BCUT2D eigenvalue weighted by atomic mass is 9.99. The van der Waals surface area contributed by atoms with Gasteiger partial charge in [-0.15, -0.1) is 0 Å². The maximum absolute atomic E-state index is 11.0. The van der Waals surface area contributed by atoms with Gasteiger partial charge in [-0.25, -0.2) is 0 Å². The lowest BCUT2D eigenvalue weighted by molar-refractivity contribution is -0.119. The van der Waals surface area contributed by atoms with Gasteiger partial charge in [-0.3, -0.25) is 9.69 Å². The number of hydrogen-bond acceptors (Lipinski definition) is 4. The Balaban J connectivity index is 1.87. The van der Waals surface area contributed by atoms with E-state index in [1.54, 1.807) is 0 Å². The second-order valence-electron chi connectivity index (χ2n) is 5.86. The lowest BCUT2D eigenvalue weighted by Crippen LogP contribution is -2.37. The number of carbonyl (C=O) groups is 1. The summed E-state index contributed by atoms with van der Waals surface area (Å²) in [4.78, 5) is 15.2. The first-order chi connectivity index (χ1) is 10.0. The largest absolute Gasteiger partial charge is 0.494 e. The van der Waals surface area contributed by atoms with Gasteiger partial charge in [0, 0.05) is 19.6 Å². The molecule has 0 bridgehead atoms. The maximum Gasteiger partial charge on any atom is 0.231 e. The molecule has 0 saturated carbocycles. The van der Waals surface area contributed by atoms with E-state index in [1.807, 2.05) is 6.07 Å². The summed E-state index contributed by atoms with van der Waals surface area (Å²) < 4.78 is 5.80. The van der Waals surface area contributed by atoms with Crippen LogP contribution in [0.4, 0.5) is 0 Å². The minimum Gasteiger partial charge on any atom is -0.494 e.